The number of nitrogens with zero attached hydrogens (tertiary/aromatic N) is 12. The highest BCUT2D eigenvalue weighted by atomic mass is 15.2. The number of hydrogen-bond acceptors (Lipinski definition) is 12. The highest BCUT2D eigenvalue weighted by molar-refractivity contribution is 6.09. The van der Waals surface area contributed by atoms with E-state index in [-0.39, 0.29) is 10.8 Å². The van der Waals surface area contributed by atoms with E-state index in [0.717, 1.165) is 56.0 Å². The minimum absolute atomic E-state index is 0.309. The quantitative estimate of drug-likeness (QED) is 0.143. The first-order valence-electron chi connectivity index (χ1n) is 26.0. The van der Waals surface area contributed by atoms with Crippen LogP contribution in [0.25, 0.3) is 79.6 Å². The van der Waals surface area contributed by atoms with Crippen LogP contribution in [-0.4, -0.2) is 49.8 Å². The van der Waals surface area contributed by atoms with E-state index in [2.05, 4.69) is 159 Å². The fraction of sp³-hybridized carbons (Fsp3) is 0.0909. The molecule has 0 aliphatic carbocycles. The number of rotatable bonds is 8. The van der Waals surface area contributed by atoms with Crippen LogP contribution in [0.3, 0.4) is 0 Å². The lowest BCUT2D eigenvalue weighted by Gasteiger charge is -2.42. The molecule has 0 N–H and O–H groups in total. The third-order valence-electron chi connectivity index (χ3n) is 15.2. The molecular formula is C66H48N12. The molecule has 12 aromatic rings. The number of pyridine rings is 4. The lowest BCUT2D eigenvalue weighted by molar-refractivity contribution is 0.631. The lowest BCUT2D eigenvalue weighted by atomic mass is 9.73. The van der Waals surface area contributed by atoms with Crippen LogP contribution in [0.15, 0.2) is 219 Å². The molecule has 0 atom stereocenters. The van der Waals surface area contributed by atoms with Gasteiger partial charge in [-0.05, 0) is 130 Å². The number of hydrogen-bond donors (Lipinski definition) is 0. The molecule has 2 aliphatic heterocycles. The van der Waals surface area contributed by atoms with Gasteiger partial charge in [0.25, 0.3) is 0 Å². The van der Waals surface area contributed by atoms with Gasteiger partial charge in [0.1, 0.15) is 22.8 Å². The van der Waals surface area contributed by atoms with Crippen molar-refractivity contribution in [3.8, 4) is 68.8 Å². The highest BCUT2D eigenvalue weighted by Gasteiger charge is 2.39. The lowest BCUT2D eigenvalue weighted by Crippen LogP contribution is -2.30. The fourth-order valence-electron chi connectivity index (χ4n) is 11.4. The highest BCUT2D eigenvalue weighted by Crippen LogP contribution is 2.56. The maximum absolute atomic E-state index is 5.39. The molecule has 78 heavy (non-hydrogen) atoms. The van der Waals surface area contributed by atoms with E-state index in [1.807, 2.05) is 72.8 Å². The van der Waals surface area contributed by atoms with Crippen molar-refractivity contribution >= 4 is 44.9 Å². The molecule has 0 saturated carbocycles. The van der Waals surface area contributed by atoms with Crippen molar-refractivity contribution < 1.29 is 0 Å². The zero-order chi connectivity index (χ0) is 52.5. The summed E-state index contributed by atoms with van der Waals surface area (Å²) in [5, 5.41) is 1.68. The third-order valence-corrected chi connectivity index (χ3v) is 15.2. The Balaban J connectivity index is 1.15. The molecule has 0 radical (unpaired) electrons. The Morgan fingerprint density at radius 1 is 0.282 bits per heavy atom. The van der Waals surface area contributed by atoms with Crippen LogP contribution in [0.5, 0.6) is 0 Å². The van der Waals surface area contributed by atoms with Crippen LogP contribution in [0.4, 0.5) is 34.1 Å². The van der Waals surface area contributed by atoms with E-state index in [1.165, 1.54) is 22.3 Å². The van der Waals surface area contributed by atoms with Crippen LogP contribution in [0, 0.1) is 0 Å². The average molecular weight is 1010 g/mol. The van der Waals surface area contributed by atoms with Crippen molar-refractivity contribution in [1.29, 1.82) is 0 Å². The topological polar surface area (TPSA) is 135 Å². The second-order valence-corrected chi connectivity index (χ2v) is 20.5. The van der Waals surface area contributed by atoms with Crippen LogP contribution in [0.1, 0.15) is 49.9 Å². The van der Waals surface area contributed by atoms with Crippen molar-refractivity contribution in [2.45, 2.75) is 38.5 Å². The maximum atomic E-state index is 5.39. The van der Waals surface area contributed by atoms with E-state index in [9.17, 15) is 0 Å². The number of fused-ring (bicyclic) bond motifs is 5. The minimum atomic E-state index is -0.309. The molecule has 2 aliphatic rings. The summed E-state index contributed by atoms with van der Waals surface area (Å²) in [6.45, 7) is 9.20. The first-order chi connectivity index (χ1) is 38.2. The molecule has 372 valence electrons. The van der Waals surface area contributed by atoms with Crippen LogP contribution in [-0.2, 0) is 10.8 Å². The number of anilines is 6. The van der Waals surface area contributed by atoms with Crippen molar-refractivity contribution in [3.05, 3.63) is 241 Å². The van der Waals surface area contributed by atoms with Gasteiger partial charge >= 0.3 is 0 Å². The summed E-state index contributed by atoms with van der Waals surface area (Å²) < 4.78 is 0. The molecule has 0 bridgehead atoms. The van der Waals surface area contributed by atoms with Crippen molar-refractivity contribution in [1.82, 2.24) is 49.8 Å². The maximum Gasteiger partial charge on any atom is 0.182 e. The predicted molar refractivity (Wildman–Crippen MR) is 308 cm³/mol. The second kappa shape index (κ2) is 18.3. The van der Waals surface area contributed by atoms with Crippen LogP contribution >= 0.6 is 0 Å². The molecule has 0 fully saturated rings. The van der Waals surface area contributed by atoms with Crippen LogP contribution < -0.4 is 9.80 Å². The molecule has 6 aromatic heterocycles. The Hall–Kier alpha value is -10.2. The molecule has 0 amide bonds. The molecule has 12 nitrogen and oxygen atoms in total. The normalized spacial score (nSPS) is 13.8. The summed E-state index contributed by atoms with van der Waals surface area (Å²) in [6, 6.07) is 66.6. The Bertz CT molecular complexity index is 3790. The standard InChI is InChI=1S/C66H48N12/c1-65(2)47-21-5-9-29-55(47)77(56-30-10-6-22-48(56)65)41-37-43-44(45(39-41)59-71-61(51-25-13-17-33-67-51)75-62(72-59)52-26-14-18-34-68-52)38-42(78-57-31-11-7-23-49(57)66(3,4)50-24-8-12-32-58(50)78)40-46(43)60-73-63(53-27-15-19-35-69-53)76-64(74-60)54-28-16-20-36-70-54/h5-40H,1-4H3. The van der Waals surface area contributed by atoms with Crippen molar-refractivity contribution in [2.75, 3.05) is 9.80 Å². The smallest absolute Gasteiger partial charge is 0.182 e. The monoisotopic (exact) mass is 1010 g/mol. The zero-order valence-corrected chi connectivity index (χ0v) is 43.2. The molecule has 8 heterocycles. The SMILES string of the molecule is CC1(C)c2ccccc2N(c2cc(-c3nc(-c4ccccn4)nc(-c4ccccn4)n3)c3cc(N4c5ccccc5C(C)(C)c5ccccc54)cc(-c4nc(-c5ccccn5)nc(-c5ccccn5)n4)c3c2)c2ccccc21. The molecule has 14 rings (SSSR count). The average Bonchev–Trinajstić information content (AvgIpc) is 3.69. The molecule has 0 unspecified atom stereocenters. The van der Waals surface area contributed by atoms with Gasteiger partial charge in [0.15, 0.2) is 34.9 Å². The Labute approximate surface area is 451 Å². The van der Waals surface area contributed by atoms with Crippen LogP contribution in [0.2, 0.25) is 0 Å². The van der Waals surface area contributed by atoms with Gasteiger partial charge in [-0.15, -0.1) is 0 Å². The summed E-state index contributed by atoms with van der Waals surface area (Å²) in [6.07, 6.45) is 7.01. The summed E-state index contributed by atoms with van der Waals surface area (Å²) in [5.41, 5.74) is 14.0. The zero-order valence-electron chi connectivity index (χ0n) is 43.2. The number of aromatic nitrogens is 10. The van der Waals surface area contributed by atoms with Gasteiger partial charge in [-0.3, -0.25) is 19.9 Å². The van der Waals surface area contributed by atoms with Crippen molar-refractivity contribution in [3.63, 3.8) is 0 Å². The Morgan fingerprint density at radius 2 is 0.538 bits per heavy atom. The third kappa shape index (κ3) is 7.67. The number of para-hydroxylation sites is 4. The van der Waals surface area contributed by atoms with Gasteiger partial charge in [-0.25, -0.2) is 29.9 Å². The molecule has 12 heteroatoms. The largest absolute Gasteiger partial charge is 0.310 e. The number of benzene rings is 6. The Morgan fingerprint density at radius 3 is 0.808 bits per heavy atom. The van der Waals surface area contributed by atoms with Gasteiger partial charge in [-0.2, -0.15) is 0 Å². The Kier molecular flexibility index (Phi) is 10.9. The first kappa shape index (κ1) is 46.3. The summed E-state index contributed by atoms with van der Waals surface area (Å²) >= 11 is 0. The van der Waals surface area contributed by atoms with Gasteiger partial charge in [-0.1, -0.05) is 125 Å². The summed E-state index contributed by atoms with van der Waals surface area (Å²) in [7, 11) is 0. The molecular weight excluding hydrogens is 961 g/mol. The fourth-order valence-corrected chi connectivity index (χ4v) is 11.4. The molecule has 0 saturated heterocycles. The summed E-state index contributed by atoms with van der Waals surface area (Å²) in [5.74, 6) is 2.49. The minimum Gasteiger partial charge on any atom is -0.310 e. The molecule has 0 spiro atoms. The van der Waals surface area contributed by atoms with Gasteiger partial charge in [0, 0.05) is 58.1 Å². The van der Waals surface area contributed by atoms with E-state index < -0.39 is 0 Å². The first-order valence-corrected chi connectivity index (χ1v) is 26.0. The van der Waals surface area contributed by atoms with E-state index in [0.29, 0.717) is 57.7 Å². The van der Waals surface area contributed by atoms with Gasteiger partial charge < -0.3 is 9.80 Å². The van der Waals surface area contributed by atoms with Gasteiger partial charge in [0.05, 0.1) is 22.7 Å². The van der Waals surface area contributed by atoms with E-state index >= 15 is 0 Å². The van der Waals surface area contributed by atoms with Gasteiger partial charge in [0.2, 0.25) is 0 Å². The molecule has 6 aromatic carbocycles. The van der Waals surface area contributed by atoms with E-state index in [4.69, 9.17) is 49.8 Å². The predicted octanol–water partition coefficient (Wildman–Crippen LogP) is 15.0. The summed E-state index contributed by atoms with van der Waals surface area (Å²) in [4.78, 5) is 55.5. The van der Waals surface area contributed by atoms with Crippen molar-refractivity contribution in [2.24, 2.45) is 0 Å². The van der Waals surface area contributed by atoms with E-state index in [1.54, 1.807) is 24.8 Å². The second-order valence-electron chi connectivity index (χ2n) is 20.5.